The SMILES string of the molecule is CCOc1c(F)cc([C@@H](CCO)N2CCNCC2)cc1Cl.Cl. The molecule has 0 bridgehead atoms. The summed E-state index contributed by atoms with van der Waals surface area (Å²) in [5, 5.41) is 12.9. The number of halogens is 3. The molecule has 0 unspecified atom stereocenters. The fraction of sp³-hybridized carbons (Fsp3) is 0.600. The molecule has 126 valence electrons. The fourth-order valence-electron chi connectivity index (χ4n) is 2.73. The minimum Gasteiger partial charge on any atom is -0.489 e. The van der Waals surface area contributed by atoms with Crippen molar-refractivity contribution in [3.63, 3.8) is 0 Å². The highest BCUT2D eigenvalue weighted by molar-refractivity contribution is 6.32. The van der Waals surface area contributed by atoms with Gasteiger partial charge in [-0.3, -0.25) is 4.90 Å². The van der Waals surface area contributed by atoms with Crippen molar-refractivity contribution in [2.75, 3.05) is 39.4 Å². The second kappa shape index (κ2) is 9.53. The van der Waals surface area contributed by atoms with Gasteiger partial charge in [-0.2, -0.15) is 0 Å². The van der Waals surface area contributed by atoms with Crippen LogP contribution < -0.4 is 10.1 Å². The van der Waals surface area contributed by atoms with Crippen molar-refractivity contribution in [1.82, 2.24) is 10.2 Å². The van der Waals surface area contributed by atoms with Gasteiger partial charge in [0.15, 0.2) is 11.6 Å². The number of aliphatic hydroxyl groups excluding tert-OH is 1. The Balaban J connectivity index is 0.00000242. The molecule has 0 saturated carbocycles. The van der Waals surface area contributed by atoms with Crippen LogP contribution >= 0.6 is 24.0 Å². The summed E-state index contributed by atoms with van der Waals surface area (Å²) < 4.78 is 19.4. The summed E-state index contributed by atoms with van der Waals surface area (Å²) in [7, 11) is 0. The molecule has 2 rings (SSSR count). The molecule has 1 atom stereocenters. The molecule has 1 saturated heterocycles. The van der Waals surface area contributed by atoms with E-state index in [0.29, 0.717) is 13.0 Å². The van der Waals surface area contributed by atoms with E-state index in [4.69, 9.17) is 16.3 Å². The number of aliphatic hydroxyl groups is 1. The summed E-state index contributed by atoms with van der Waals surface area (Å²) in [6, 6.07) is 3.19. The quantitative estimate of drug-likeness (QED) is 0.825. The molecule has 1 heterocycles. The van der Waals surface area contributed by atoms with Gasteiger partial charge in [-0.1, -0.05) is 11.6 Å². The summed E-state index contributed by atoms with van der Waals surface area (Å²) in [4.78, 5) is 2.25. The largest absolute Gasteiger partial charge is 0.489 e. The highest BCUT2D eigenvalue weighted by atomic mass is 35.5. The summed E-state index contributed by atoms with van der Waals surface area (Å²) in [6.45, 7) is 5.76. The zero-order valence-corrected chi connectivity index (χ0v) is 14.2. The highest BCUT2D eigenvalue weighted by Gasteiger charge is 2.24. The molecule has 1 aromatic rings. The molecule has 1 aromatic carbocycles. The van der Waals surface area contributed by atoms with Crippen molar-refractivity contribution in [3.8, 4) is 5.75 Å². The van der Waals surface area contributed by atoms with Crippen molar-refractivity contribution in [2.45, 2.75) is 19.4 Å². The molecule has 0 aromatic heterocycles. The molecule has 2 N–H and O–H groups in total. The number of nitrogens with zero attached hydrogens (tertiary/aromatic N) is 1. The van der Waals surface area contributed by atoms with Crippen molar-refractivity contribution in [2.24, 2.45) is 0 Å². The first-order chi connectivity index (χ1) is 10.2. The second-order valence-electron chi connectivity index (χ2n) is 5.06. The van der Waals surface area contributed by atoms with Crippen LogP contribution in [0, 0.1) is 5.82 Å². The molecule has 1 aliphatic rings. The first-order valence-electron chi connectivity index (χ1n) is 7.34. The van der Waals surface area contributed by atoms with Gasteiger partial charge in [-0.15, -0.1) is 12.4 Å². The van der Waals surface area contributed by atoms with Gasteiger partial charge in [0.1, 0.15) is 0 Å². The minimum absolute atomic E-state index is 0. The maximum absolute atomic E-state index is 14.2. The van der Waals surface area contributed by atoms with Crippen LogP contribution in [0.3, 0.4) is 0 Å². The van der Waals surface area contributed by atoms with E-state index in [1.54, 1.807) is 13.0 Å². The number of hydrogen-bond acceptors (Lipinski definition) is 4. The molecule has 0 spiro atoms. The molecular weight excluding hydrogens is 330 g/mol. The maximum atomic E-state index is 14.2. The average Bonchev–Trinajstić information content (AvgIpc) is 2.49. The van der Waals surface area contributed by atoms with E-state index in [2.05, 4.69) is 10.2 Å². The number of nitrogens with one attached hydrogen (secondary N) is 1. The van der Waals surface area contributed by atoms with E-state index < -0.39 is 5.82 Å². The first kappa shape index (κ1) is 19.5. The molecule has 7 heteroatoms. The van der Waals surface area contributed by atoms with E-state index >= 15 is 0 Å². The molecule has 1 aliphatic heterocycles. The molecule has 22 heavy (non-hydrogen) atoms. The van der Waals surface area contributed by atoms with Gasteiger partial charge in [0.25, 0.3) is 0 Å². The van der Waals surface area contributed by atoms with Crippen LogP contribution in [0.4, 0.5) is 4.39 Å². The monoisotopic (exact) mass is 352 g/mol. The number of rotatable bonds is 6. The summed E-state index contributed by atoms with van der Waals surface area (Å²) >= 11 is 6.14. The van der Waals surface area contributed by atoms with Gasteiger partial charge in [-0.05, 0) is 31.0 Å². The Labute approximate surface area is 142 Å². The molecule has 4 nitrogen and oxygen atoms in total. The van der Waals surface area contributed by atoms with E-state index in [-0.39, 0.29) is 35.8 Å². The van der Waals surface area contributed by atoms with Gasteiger partial charge < -0.3 is 15.2 Å². The van der Waals surface area contributed by atoms with Crippen LogP contribution in [0.1, 0.15) is 24.9 Å². The molecule has 0 radical (unpaired) electrons. The van der Waals surface area contributed by atoms with Crippen molar-refractivity contribution in [3.05, 3.63) is 28.5 Å². The number of hydrogen-bond donors (Lipinski definition) is 2. The number of ether oxygens (including phenoxy) is 1. The Morgan fingerprint density at radius 3 is 2.64 bits per heavy atom. The Bertz CT molecular complexity index is 448. The van der Waals surface area contributed by atoms with Gasteiger partial charge in [0.05, 0.1) is 11.6 Å². The third-order valence-corrected chi connectivity index (χ3v) is 3.97. The smallest absolute Gasteiger partial charge is 0.173 e. The van der Waals surface area contributed by atoms with Crippen molar-refractivity contribution >= 4 is 24.0 Å². The Morgan fingerprint density at radius 1 is 1.41 bits per heavy atom. The topological polar surface area (TPSA) is 44.7 Å². The van der Waals surface area contributed by atoms with Crippen LogP contribution in [-0.2, 0) is 0 Å². The molecule has 1 fully saturated rings. The zero-order valence-electron chi connectivity index (χ0n) is 12.6. The fourth-order valence-corrected chi connectivity index (χ4v) is 3.00. The minimum atomic E-state index is -0.447. The predicted octanol–water partition coefficient (Wildman–Crippen LogP) is 2.63. The first-order valence-corrected chi connectivity index (χ1v) is 7.72. The molecule has 0 aliphatic carbocycles. The zero-order chi connectivity index (χ0) is 15.2. The van der Waals surface area contributed by atoms with Crippen LogP contribution in [0.15, 0.2) is 12.1 Å². The highest BCUT2D eigenvalue weighted by Crippen LogP contribution is 2.34. The van der Waals surface area contributed by atoms with Crippen LogP contribution in [0.25, 0.3) is 0 Å². The van der Waals surface area contributed by atoms with Crippen LogP contribution in [0.5, 0.6) is 5.75 Å². The van der Waals surface area contributed by atoms with Crippen LogP contribution in [-0.4, -0.2) is 49.4 Å². The third-order valence-electron chi connectivity index (χ3n) is 3.69. The Morgan fingerprint density at radius 2 is 2.09 bits per heavy atom. The summed E-state index contributed by atoms with van der Waals surface area (Å²) in [5.41, 5.74) is 0.789. The standard InChI is InChI=1S/C15H22ClFN2O2.ClH/c1-2-21-15-12(16)9-11(10-13(15)17)14(3-8-20)19-6-4-18-5-7-19;/h9-10,14,18,20H,2-8H2,1H3;1H/t14-;/m1./s1. The maximum Gasteiger partial charge on any atom is 0.173 e. The lowest BCUT2D eigenvalue weighted by atomic mass is 10.0. The van der Waals surface area contributed by atoms with E-state index in [9.17, 15) is 9.50 Å². The van der Waals surface area contributed by atoms with E-state index in [1.165, 1.54) is 6.07 Å². The van der Waals surface area contributed by atoms with Gasteiger partial charge in [0, 0.05) is 38.8 Å². The van der Waals surface area contributed by atoms with Gasteiger partial charge in [-0.25, -0.2) is 4.39 Å². The molecular formula is C15H23Cl2FN2O2. The lowest BCUT2D eigenvalue weighted by Crippen LogP contribution is -2.45. The lowest BCUT2D eigenvalue weighted by Gasteiger charge is -2.35. The Hall–Kier alpha value is -0.590. The van der Waals surface area contributed by atoms with Gasteiger partial charge in [0.2, 0.25) is 0 Å². The lowest BCUT2D eigenvalue weighted by molar-refractivity contribution is 0.141. The van der Waals surface area contributed by atoms with Crippen molar-refractivity contribution < 1.29 is 14.2 Å². The second-order valence-corrected chi connectivity index (χ2v) is 5.47. The summed E-state index contributed by atoms with van der Waals surface area (Å²) in [6.07, 6.45) is 0.559. The van der Waals surface area contributed by atoms with Gasteiger partial charge >= 0.3 is 0 Å². The molecule has 0 amide bonds. The van der Waals surface area contributed by atoms with E-state index in [1.807, 2.05) is 0 Å². The third kappa shape index (κ3) is 4.70. The van der Waals surface area contributed by atoms with E-state index in [0.717, 1.165) is 31.7 Å². The van der Waals surface area contributed by atoms with Crippen molar-refractivity contribution in [1.29, 1.82) is 0 Å². The summed E-state index contributed by atoms with van der Waals surface area (Å²) in [5.74, 6) is -0.344. The van der Waals surface area contributed by atoms with Crippen LogP contribution in [0.2, 0.25) is 5.02 Å². The average molecular weight is 353 g/mol. The number of benzene rings is 1. The Kier molecular flexibility index (Phi) is 8.43. The predicted molar refractivity (Wildman–Crippen MR) is 88.7 cm³/mol. The number of piperazine rings is 1. The normalized spacial score (nSPS) is 16.9.